The zero-order chi connectivity index (χ0) is 19.9. The SMILES string of the molecule is CCC(C)c1ccccc1OCC(=O)NN=Cc1cccc(C(F)(F)F)c1. The minimum Gasteiger partial charge on any atom is -0.483 e. The van der Waals surface area contributed by atoms with Crippen LogP contribution in [-0.2, 0) is 11.0 Å². The van der Waals surface area contributed by atoms with Gasteiger partial charge in [0.05, 0.1) is 11.8 Å². The number of nitrogens with one attached hydrogen (secondary N) is 1. The Bertz CT molecular complexity index is 804. The van der Waals surface area contributed by atoms with E-state index < -0.39 is 17.6 Å². The summed E-state index contributed by atoms with van der Waals surface area (Å²) < 4.78 is 43.5. The van der Waals surface area contributed by atoms with Crippen molar-refractivity contribution in [2.45, 2.75) is 32.4 Å². The monoisotopic (exact) mass is 378 g/mol. The Kier molecular flexibility index (Phi) is 6.98. The van der Waals surface area contributed by atoms with Crippen LogP contribution in [0.4, 0.5) is 13.2 Å². The number of hydrazone groups is 1. The third-order valence-electron chi connectivity index (χ3n) is 4.04. The molecule has 0 saturated heterocycles. The molecule has 2 aromatic carbocycles. The summed E-state index contributed by atoms with van der Waals surface area (Å²) in [6.45, 7) is 3.89. The number of benzene rings is 2. The van der Waals surface area contributed by atoms with Crippen LogP contribution in [0.15, 0.2) is 53.6 Å². The third-order valence-corrected chi connectivity index (χ3v) is 4.04. The molecule has 2 aromatic rings. The zero-order valence-corrected chi connectivity index (χ0v) is 15.1. The second-order valence-corrected chi connectivity index (χ2v) is 6.05. The first-order valence-electron chi connectivity index (χ1n) is 8.52. The van der Waals surface area contributed by atoms with E-state index in [1.54, 1.807) is 6.07 Å². The molecule has 2 rings (SSSR count). The highest BCUT2D eigenvalue weighted by Gasteiger charge is 2.30. The molecule has 0 aliphatic carbocycles. The van der Waals surface area contributed by atoms with Crippen LogP contribution in [0.5, 0.6) is 5.75 Å². The van der Waals surface area contributed by atoms with Crippen LogP contribution in [-0.4, -0.2) is 18.7 Å². The number of halogens is 3. The van der Waals surface area contributed by atoms with E-state index in [0.29, 0.717) is 11.7 Å². The largest absolute Gasteiger partial charge is 0.483 e. The topological polar surface area (TPSA) is 50.7 Å². The zero-order valence-electron chi connectivity index (χ0n) is 15.1. The molecule has 0 bridgehead atoms. The Balaban J connectivity index is 1.91. The van der Waals surface area contributed by atoms with Crippen molar-refractivity contribution >= 4 is 12.1 Å². The molecule has 1 unspecified atom stereocenters. The Morgan fingerprint density at radius 3 is 2.67 bits per heavy atom. The van der Waals surface area contributed by atoms with Crippen LogP contribution < -0.4 is 10.2 Å². The third kappa shape index (κ3) is 6.13. The number of hydrogen-bond acceptors (Lipinski definition) is 3. The molecule has 7 heteroatoms. The number of nitrogens with zero attached hydrogens (tertiary/aromatic N) is 1. The molecule has 0 fully saturated rings. The molecular formula is C20H21F3N2O2. The van der Waals surface area contributed by atoms with Crippen molar-refractivity contribution in [1.29, 1.82) is 0 Å². The Morgan fingerprint density at radius 2 is 1.96 bits per heavy atom. The van der Waals surface area contributed by atoms with Crippen molar-refractivity contribution in [2.24, 2.45) is 5.10 Å². The first-order chi connectivity index (χ1) is 12.8. The number of hydrogen-bond donors (Lipinski definition) is 1. The predicted molar refractivity (Wildman–Crippen MR) is 97.8 cm³/mol. The molecule has 144 valence electrons. The minimum absolute atomic E-state index is 0.230. The van der Waals surface area contributed by atoms with E-state index >= 15 is 0 Å². The van der Waals surface area contributed by atoms with Crippen LogP contribution in [0.25, 0.3) is 0 Å². The molecule has 1 atom stereocenters. The van der Waals surface area contributed by atoms with Gasteiger partial charge in [0.25, 0.3) is 5.91 Å². The van der Waals surface area contributed by atoms with Gasteiger partial charge in [-0.2, -0.15) is 18.3 Å². The normalized spacial score (nSPS) is 12.8. The van der Waals surface area contributed by atoms with E-state index in [-0.39, 0.29) is 12.2 Å². The van der Waals surface area contributed by atoms with Crippen molar-refractivity contribution in [3.8, 4) is 5.75 Å². The maximum absolute atomic E-state index is 12.7. The van der Waals surface area contributed by atoms with E-state index in [1.165, 1.54) is 12.1 Å². The number of ether oxygens (including phenoxy) is 1. The van der Waals surface area contributed by atoms with Crippen LogP contribution in [0.3, 0.4) is 0 Å². The highest BCUT2D eigenvalue weighted by atomic mass is 19.4. The van der Waals surface area contributed by atoms with Gasteiger partial charge in [-0.05, 0) is 41.7 Å². The molecule has 0 heterocycles. The summed E-state index contributed by atoms with van der Waals surface area (Å²) >= 11 is 0. The predicted octanol–water partition coefficient (Wildman–Crippen LogP) is 4.75. The molecule has 0 aromatic heterocycles. The summed E-state index contributed by atoms with van der Waals surface area (Å²) in [5, 5.41) is 3.68. The standard InChI is InChI=1S/C20H21F3N2O2/c1-3-14(2)17-9-4-5-10-18(17)27-13-19(26)25-24-12-15-7-6-8-16(11-15)20(21,22)23/h4-12,14H,3,13H2,1-2H3,(H,25,26). The van der Waals surface area contributed by atoms with E-state index in [1.807, 2.05) is 18.2 Å². The fourth-order valence-corrected chi connectivity index (χ4v) is 2.39. The number of rotatable bonds is 7. The molecule has 27 heavy (non-hydrogen) atoms. The lowest BCUT2D eigenvalue weighted by Crippen LogP contribution is -2.25. The average Bonchev–Trinajstić information content (AvgIpc) is 2.65. The van der Waals surface area contributed by atoms with Gasteiger partial charge in [0.15, 0.2) is 6.61 Å². The summed E-state index contributed by atoms with van der Waals surface area (Å²) in [5.41, 5.74) is 2.72. The van der Waals surface area contributed by atoms with Crippen molar-refractivity contribution in [1.82, 2.24) is 5.43 Å². The first kappa shape index (κ1) is 20.5. The van der Waals surface area contributed by atoms with E-state index in [9.17, 15) is 18.0 Å². The fourth-order valence-electron chi connectivity index (χ4n) is 2.39. The summed E-state index contributed by atoms with van der Waals surface area (Å²) in [6.07, 6.45) is -2.34. The summed E-state index contributed by atoms with van der Waals surface area (Å²) in [5.74, 6) is 0.421. The van der Waals surface area contributed by atoms with E-state index in [2.05, 4.69) is 24.4 Å². The van der Waals surface area contributed by atoms with Gasteiger partial charge < -0.3 is 4.74 Å². The van der Waals surface area contributed by atoms with Gasteiger partial charge in [-0.3, -0.25) is 4.79 Å². The molecule has 1 N–H and O–H groups in total. The highest BCUT2D eigenvalue weighted by Crippen LogP contribution is 2.29. The number of carbonyl (C=O) groups is 1. The average molecular weight is 378 g/mol. The van der Waals surface area contributed by atoms with Gasteiger partial charge in [0, 0.05) is 0 Å². The fraction of sp³-hybridized carbons (Fsp3) is 0.300. The molecule has 1 amide bonds. The second-order valence-electron chi connectivity index (χ2n) is 6.05. The van der Waals surface area contributed by atoms with Gasteiger partial charge in [-0.1, -0.05) is 44.2 Å². The first-order valence-corrected chi connectivity index (χ1v) is 8.52. The Morgan fingerprint density at radius 1 is 1.22 bits per heavy atom. The van der Waals surface area contributed by atoms with Gasteiger partial charge in [0.2, 0.25) is 0 Å². The number of para-hydroxylation sites is 1. The van der Waals surface area contributed by atoms with Gasteiger partial charge in [-0.25, -0.2) is 5.43 Å². The van der Waals surface area contributed by atoms with Crippen molar-refractivity contribution in [2.75, 3.05) is 6.61 Å². The van der Waals surface area contributed by atoms with Gasteiger partial charge in [0.1, 0.15) is 5.75 Å². The van der Waals surface area contributed by atoms with Crippen molar-refractivity contribution in [3.05, 3.63) is 65.2 Å². The molecule has 0 radical (unpaired) electrons. The summed E-state index contributed by atoms with van der Waals surface area (Å²) in [7, 11) is 0. The summed E-state index contributed by atoms with van der Waals surface area (Å²) in [4.78, 5) is 11.9. The molecular weight excluding hydrogens is 357 g/mol. The Labute approximate surface area is 156 Å². The van der Waals surface area contributed by atoms with Crippen molar-refractivity contribution in [3.63, 3.8) is 0 Å². The van der Waals surface area contributed by atoms with Crippen LogP contribution in [0, 0.1) is 0 Å². The number of carbonyl (C=O) groups excluding carboxylic acids is 1. The second kappa shape index (κ2) is 9.21. The molecule has 0 saturated carbocycles. The maximum atomic E-state index is 12.7. The number of alkyl halides is 3. The van der Waals surface area contributed by atoms with Crippen LogP contribution >= 0.6 is 0 Å². The lowest BCUT2D eigenvalue weighted by atomic mass is 9.98. The molecule has 0 aliphatic heterocycles. The van der Waals surface area contributed by atoms with E-state index in [4.69, 9.17) is 4.74 Å². The molecule has 0 aliphatic rings. The van der Waals surface area contributed by atoms with E-state index in [0.717, 1.165) is 30.3 Å². The van der Waals surface area contributed by atoms with Crippen LogP contribution in [0.2, 0.25) is 0 Å². The molecule has 0 spiro atoms. The van der Waals surface area contributed by atoms with Gasteiger partial charge in [-0.15, -0.1) is 0 Å². The lowest BCUT2D eigenvalue weighted by molar-refractivity contribution is -0.137. The van der Waals surface area contributed by atoms with Crippen LogP contribution in [0.1, 0.15) is 42.9 Å². The minimum atomic E-state index is -4.43. The smallest absolute Gasteiger partial charge is 0.416 e. The maximum Gasteiger partial charge on any atom is 0.416 e. The number of amides is 1. The van der Waals surface area contributed by atoms with Gasteiger partial charge >= 0.3 is 6.18 Å². The Hall–Kier alpha value is -2.83. The lowest BCUT2D eigenvalue weighted by Gasteiger charge is -2.15. The molecule has 4 nitrogen and oxygen atoms in total. The highest BCUT2D eigenvalue weighted by molar-refractivity contribution is 5.83. The summed E-state index contributed by atoms with van der Waals surface area (Å²) in [6, 6.07) is 12.1. The van der Waals surface area contributed by atoms with Crippen molar-refractivity contribution < 1.29 is 22.7 Å². The quantitative estimate of drug-likeness (QED) is 0.558.